The lowest BCUT2D eigenvalue weighted by Crippen LogP contribution is -2.57. The van der Waals surface area contributed by atoms with Crippen LogP contribution in [-0.4, -0.2) is 46.9 Å². The van der Waals surface area contributed by atoms with E-state index >= 15 is 0 Å². The van der Waals surface area contributed by atoms with Crippen molar-refractivity contribution in [3.8, 4) is 0 Å². The summed E-state index contributed by atoms with van der Waals surface area (Å²) in [5, 5.41) is 0. The highest BCUT2D eigenvalue weighted by atomic mass is 16.2. The fourth-order valence-corrected chi connectivity index (χ4v) is 5.32. The number of hydrogen-bond acceptors (Lipinski definition) is 4. The van der Waals surface area contributed by atoms with E-state index in [-0.39, 0.29) is 18.4 Å². The number of carbonyl (C=O) groups is 2. The number of aryl methyl sites for hydroxylation is 1. The number of rotatable bonds is 4. The first kappa shape index (κ1) is 22.2. The van der Waals surface area contributed by atoms with E-state index in [4.69, 9.17) is 5.73 Å². The van der Waals surface area contributed by atoms with E-state index in [1.54, 1.807) is 6.20 Å². The summed E-state index contributed by atoms with van der Waals surface area (Å²) in [5.41, 5.74) is 9.64. The number of nitrogens with two attached hydrogens (primary N) is 1. The number of primary amides is 1. The monoisotopic (exact) mass is 432 g/mol. The number of anilines is 1. The Morgan fingerprint density at radius 3 is 2.62 bits per heavy atom. The molecule has 0 spiro atoms. The van der Waals surface area contributed by atoms with Gasteiger partial charge >= 0.3 is 0 Å². The van der Waals surface area contributed by atoms with E-state index in [1.165, 1.54) is 11.1 Å². The molecule has 168 valence electrons. The van der Waals surface area contributed by atoms with Gasteiger partial charge in [0.25, 0.3) is 0 Å². The standard InChI is InChI=1S/C26H32N4O2/c1-18-9-10-21-20(14-18)19(2)15-25(3,4)30(21)23(31)16-29-13-7-11-26(17-29,24(27)32)22-8-5-6-12-28-22/h5-6,8-10,12,14-15H,7,11,13,16-17H2,1-4H3,(H2,27,32). The van der Waals surface area contributed by atoms with Gasteiger partial charge in [0.1, 0.15) is 5.41 Å². The van der Waals surface area contributed by atoms with Crippen molar-refractivity contribution in [2.45, 2.75) is 51.5 Å². The first-order chi connectivity index (χ1) is 15.1. The van der Waals surface area contributed by atoms with Gasteiger partial charge in [-0.15, -0.1) is 0 Å². The minimum absolute atomic E-state index is 0.0187. The number of nitrogens with zero attached hydrogens (tertiary/aromatic N) is 3. The van der Waals surface area contributed by atoms with Crippen molar-refractivity contribution in [2.24, 2.45) is 5.73 Å². The largest absolute Gasteiger partial charge is 0.369 e. The zero-order valence-electron chi connectivity index (χ0n) is 19.4. The van der Waals surface area contributed by atoms with Crippen molar-refractivity contribution in [3.05, 3.63) is 65.5 Å². The van der Waals surface area contributed by atoms with Crippen LogP contribution in [0.1, 0.15) is 50.4 Å². The Kier molecular flexibility index (Phi) is 5.67. The normalized spacial score (nSPS) is 22.8. The van der Waals surface area contributed by atoms with Gasteiger partial charge in [0.05, 0.1) is 23.5 Å². The first-order valence-corrected chi connectivity index (χ1v) is 11.2. The molecule has 1 unspecified atom stereocenters. The number of aromatic nitrogens is 1. The van der Waals surface area contributed by atoms with Crippen molar-refractivity contribution in [1.29, 1.82) is 0 Å². The molecule has 1 aromatic heterocycles. The summed E-state index contributed by atoms with van der Waals surface area (Å²) in [6.07, 6.45) is 5.27. The van der Waals surface area contributed by atoms with Crippen LogP contribution in [0.2, 0.25) is 0 Å². The number of pyridine rings is 1. The maximum atomic E-state index is 13.7. The molecule has 1 atom stereocenters. The predicted molar refractivity (Wildman–Crippen MR) is 127 cm³/mol. The lowest BCUT2D eigenvalue weighted by atomic mass is 9.76. The molecule has 2 N–H and O–H groups in total. The predicted octanol–water partition coefficient (Wildman–Crippen LogP) is 3.44. The molecule has 0 bridgehead atoms. The van der Waals surface area contributed by atoms with Gasteiger partial charge in [-0.3, -0.25) is 19.5 Å². The average molecular weight is 433 g/mol. The van der Waals surface area contributed by atoms with Crippen LogP contribution in [0.25, 0.3) is 5.57 Å². The van der Waals surface area contributed by atoms with Crippen LogP contribution in [0.4, 0.5) is 5.69 Å². The summed E-state index contributed by atoms with van der Waals surface area (Å²) >= 11 is 0. The fraction of sp³-hybridized carbons (Fsp3) is 0.423. The van der Waals surface area contributed by atoms with Crippen LogP contribution < -0.4 is 10.6 Å². The Balaban J connectivity index is 1.62. The Morgan fingerprint density at radius 2 is 1.94 bits per heavy atom. The number of amides is 2. The number of fused-ring (bicyclic) bond motifs is 1. The van der Waals surface area contributed by atoms with E-state index in [2.05, 4.69) is 49.7 Å². The Hall–Kier alpha value is -2.99. The molecule has 1 aromatic carbocycles. The van der Waals surface area contributed by atoms with Gasteiger partial charge in [-0.05, 0) is 76.9 Å². The molecule has 0 aliphatic carbocycles. The number of hydrogen-bond donors (Lipinski definition) is 1. The maximum Gasteiger partial charge on any atom is 0.241 e. The minimum Gasteiger partial charge on any atom is -0.369 e. The third-order valence-electron chi connectivity index (χ3n) is 6.77. The topological polar surface area (TPSA) is 79.5 Å². The zero-order chi connectivity index (χ0) is 23.1. The molecule has 4 rings (SSSR count). The van der Waals surface area contributed by atoms with E-state index in [0.29, 0.717) is 18.7 Å². The van der Waals surface area contributed by atoms with Crippen molar-refractivity contribution >= 4 is 23.1 Å². The number of carbonyl (C=O) groups excluding carboxylic acids is 2. The molecule has 6 heteroatoms. The molecule has 0 radical (unpaired) electrons. The number of likely N-dealkylation sites (tertiary alicyclic amines) is 1. The maximum absolute atomic E-state index is 13.7. The molecule has 1 fully saturated rings. The molecular weight excluding hydrogens is 400 g/mol. The molecule has 32 heavy (non-hydrogen) atoms. The second kappa shape index (κ2) is 8.17. The molecule has 2 aliphatic rings. The summed E-state index contributed by atoms with van der Waals surface area (Å²) in [5.74, 6) is -0.365. The summed E-state index contributed by atoms with van der Waals surface area (Å²) < 4.78 is 0. The van der Waals surface area contributed by atoms with Gasteiger partial charge < -0.3 is 10.6 Å². The quantitative estimate of drug-likeness (QED) is 0.803. The van der Waals surface area contributed by atoms with Gasteiger partial charge in [-0.1, -0.05) is 23.8 Å². The smallest absolute Gasteiger partial charge is 0.241 e. The highest BCUT2D eigenvalue weighted by Gasteiger charge is 2.45. The summed E-state index contributed by atoms with van der Waals surface area (Å²) in [7, 11) is 0. The molecule has 2 amide bonds. The molecule has 2 aromatic rings. The van der Waals surface area contributed by atoms with Gasteiger partial charge in [0, 0.05) is 18.3 Å². The Morgan fingerprint density at radius 1 is 1.16 bits per heavy atom. The second-order valence-corrected chi connectivity index (χ2v) is 9.71. The van der Waals surface area contributed by atoms with E-state index in [9.17, 15) is 9.59 Å². The van der Waals surface area contributed by atoms with Gasteiger partial charge in [0.2, 0.25) is 11.8 Å². The number of allylic oxidation sites excluding steroid dienone is 1. The Labute approximate surface area is 190 Å². The van der Waals surface area contributed by atoms with Gasteiger partial charge in [-0.2, -0.15) is 0 Å². The van der Waals surface area contributed by atoms with E-state index in [0.717, 1.165) is 24.2 Å². The van der Waals surface area contributed by atoms with Crippen molar-refractivity contribution < 1.29 is 9.59 Å². The summed E-state index contributed by atoms with van der Waals surface area (Å²) in [4.78, 5) is 34.7. The van der Waals surface area contributed by atoms with Crippen LogP contribution in [0.15, 0.2) is 48.7 Å². The van der Waals surface area contributed by atoms with Crippen LogP contribution in [0, 0.1) is 6.92 Å². The second-order valence-electron chi connectivity index (χ2n) is 9.71. The molecule has 0 saturated carbocycles. The highest BCUT2D eigenvalue weighted by Crippen LogP contribution is 2.40. The summed E-state index contributed by atoms with van der Waals surface area (Å²) in [6, 6.07) is 11.8. The molecule has 1 saturated heterocycles. The Bertz CT molecular complexity index is 1080. The number of piperidine rings is 1. The lowest BCUT2D eigenvalue weighted by Gasteiger charge is -2.44. The fourth-order valence-electron chi connectivity index (χ4n) is 5.32. The van der Waals surface area contributed by atoms with Gasteiger partial charge in [0.15, 0.2) is 0 Å². The molecule has 6 nitrogen and oxygen atoms in total. The SMILES string of the molecule is CC1=CC(C)(C)N(C(=O)CN2CCCC(C(N)=O)(c3ccccn3)C2)c2ccc(C)cc21. The molecule has 2 aliphatic heterocycles. The van der Waals surface area contributed by atoms with E-state index in [1.807, 2.05) is 35.2 Å². The number of benzene rings is 1. The van der Waals surface area contributed by atoms with Crippen molar-refractivity contribution in [2.75, 3.05) is 24.5 Å². The molecular formula is C26H32N4O2. The van der Waals surface area contributed by atoms with Crippen molar-refractivity contribution in [3.63, 3.8) is 0 Å². The highest BCUT2D eigenvalue weighted by molar-refractivity contribution is 6.01. The minimum atomic E-state index is -0.872. The van der Waals surface area contributed by atoms with Crippen LogP contribution >= 0.6 is 0 Å². The molecule has 3 heterocycles. The van der Waals surface area contributed by atoms with Crippen molar-refractivity contribution in [1.82, 2.24) is 9.88 Å². The average Bonchev–Trinajstić information content (AvgIpc) is 2.74. The van der Waals surface area contributed by atoms with Crippen LogP contribution in [0.5, 0.6) is 0 Å². The van der Waals surface area contributed by atoms with Crippen LogP contribution in [0.3, 0.4) is 0 Å². The van der Waals surface area contributed by atoms with E-state index < -0.39 is 11.0 Å². The zero-order valence-corrected chi connectivity index (χ0v) is 19.4. The summed E-state index contributed by atoms with van der Waals surface area (Å²) in [6.45, 7) is 9.66. The first-order valence-electron chi connectivity index (χ1n) is 11.2. The third kappa shape index (κ3) is 3.84. The lowest BCUT2D eigenvalue weighted by molar-refractivity contribution is -0.128. The third-order valence-corrected chi connectivity index (χ3v) is 6.77. The van der Waals surface area contributed by atoms with Crippen LogP contribution in [-0.2, 0) is 15.0 Å². The van der Waals surface area contributed by atoms with Gasteiger partial charge in [-0.25, -0.2) is 0 Å².